The summed E-state index contributed by atoms with van der Waals surface area (Å²) in [5, 5.41) is 7.10. The number of nitrogens with zero attached hydrogens (tertiary/aromatic N) is 3. The number of nitrogens with one attached hydrogen (secondary N) is 1. The van der Waals surface area contributed by atoms with Gasteiger partial charge in [-0.15, -0.1) is 0 Å². The Hall–Kier alpha value is -4.53. The van der Waals surface area contributed by atoms with Crippen molar-refractivity contribution < 1.29 is 22.8 Å². The van der Waals surface area contributed by atoms with Gasteiger partial charge in [0.25, 0.3) is 5.89 Å². The second-order valence-electron chi connectivity index (χ2n) is 8.30. The average Bonchev–Trinajstić information content (AvgIpc) is 3.37. The van der Waals surface area contributed by atoms with Gasteiger partial charge in [-0.1, -0.05) is 29.4 Å². The third-order valence-electron chi connectivity index (χ3n) is 6.06. The van der Waals surface area contributed by atoms with Crippen molar-refractivity contribution in [2.45, 2.75) is 19.5 Å². The molecule has 5 rings (SSSR count). The highest BCUT2D eigenvalue weighted by Gasteiger charge is 2.35. The van der Waals surface area contributed by atoms with Crippen molar-refractivity contribution in [3.8, 4) is 17.1 Å². The Labute approximate surface area is 206 Å². The van der Waals surface area contributed by atoms with E-state index in [0.29, 0.717) is 28.4 Å². The predicted octanol–water partition coefficient (Wildman–Crippen LogP) is 5.72. The van der Waals surface area contributed by atoms with Gasteiger partial charge < -0.3 is 14.6 Å². The van der Waals surface area contributed by atoms with E-state index in [0.717, 1.165) is 11.1 Å². The number of rotatable bonds is 6. The second kappa shape index (κ2) is 9.61. The fourth-order valence-corrected chi connectivity index (χ4v) is 4.12. The summed E-state index contributed by atoms with van der Waals surface area (Å²) < 4.78 is 37.9. The van der Waals surface area contributed by atoms with Gasteiger partial charge >= 0.3 is 6.03 Å². The van der Waals surface area contributed by atoms with Crippen molar-refractivity contribution in [1.29, 1.82) is 0 Å². The minimum atomic E-state index is -0.647. The Morgan fingerprint density at radius 3 is 2.25 bits per heavy atom. The number of allylic oxidation sites excluding steroid dienone is 1. The molecule has 1 N–H and O–H groups in total. The number of benzene rings is 3. The summed E-state index contributed by atoms with van der Waals surface area (Å²) in [5.74, 6) is 0.539. The zero-order chi connectivity index (χ0) is 25.2. The first kappa shape index (κ1) is 23.2. The molecule has 1 atom stereocenters. The van der Waals surface area contributed by atoms with Gasteiger partial charge in [0.15, 0.2) is 0 Å². The number of methoxy groups -OCH3 is 1. The summed E-state index contributed by atoms with van der Waals surface area (Å²) >= 11 is 0. The number of ether oxygens (including phenoxy) is 1. The quantitative estimate of drug-likeness (QED) is 0.375. The normalized spacial score (nSPS) is 15.7. The van der Waals surface area contributed by atoms with E-state index in [2.05, 4.69) is 15.5 Å². The Morgan fingerprint density at radius 1 is 0.972 bits per heavy atom. The molecule has 0 radical (unpaired) electrons. The molecule has 1 aromatic heterocycles. The van der Waals surface area contributed by atoms with Gasteiger partial charge in [-0.3, -0.25) is 4.90 Å². The van der Waals surface area contributed by atoms with Crippen molar-refractivity contribution in [1.82, 2.24) is 20.4 Å². The van der Waals surface area contributed by atoms with Crippen LogP contribution in [0, 0.1) is 11.6 Å². The van der Waals surface area contributed by atoms with Crippen molar-refractivity contribution in [2.24, 2.45) is 0 Å². The molecule has 2 amide bonds. The van der Waals surface area contributed by atoms with Crippen LogP contribution in [0.2, 0.25) is 0 Å². The molecule has 2 heterocycles. The number of urea groups is 1. The molecule has 7 nitrogen and oxygen atoms in total. The van der Waals surface area contributed by atoms with Crippen molar-refractivity contribution >= 4 is 11.6 Å². The zero-order valence-electron chi connectivity index (χ0n) is 19.5. The number of halogens is 2. The van der Waals surface area contributed by atoms with Crippen molar-refractivity contribution in [3.63, 3.8) is 0 Å². The maximum atomic E-state index is 13.6. The number of hydrogen-bond donors (Lipinski definition) is 1. The van der Waals surface area contributed by atoms with E-state index in [1.54, 1.807) is 50.4 Å². The minimum absolute atomic E-state index is 0.205. The maximum Gasteiger partial charge on any atom is 0.322 e. The first-order chi connectivity index (χ1) is 17.4. The smallest absolute Gasteiger partial charge is 0.322 e. The fraction of sp³-hybridized carbons (Fsp3) is 0.148. The molecular formula is C27H22F2N4O3. The lowest BCUT2D eigenvalue weighted by Crippen LogP contribution is -2.45. The monoisotopic (exact) mass is 488 g/mol. The summed E-state index contributed by atoms with van der Waals surface area (Å²) in [5.41, 5.74) is 3.29. The van der Waals surface area contributed by atoms with E-state index < -0.39 is 6.04 Å². The van der Waals surface area contributed by atoms with E-state index >= 15 is 0 Å². The number of carbonyl (C=O) groups excluding carboxylic acids is 1. The Balaban J connectivity index is 1.57. The molecule has 0 fully saturated rings. The third kappa shape index (κ3) is 4.55. The van der Waals surface area contributed by atoms with E-state index in [1.807, 2.05) is 12.1 Å². The van der Waals surface area contributed by atoms with Gasteiger partial charge in [0.2, 0.25) is 5.82 Å². The lowest BCUT2D eigenvalue weighted by Gasteiger charge is -2.35. The van der Waals surface area contributed by atoms with Crippen LogP contribution in [-0.2, 0) is 6.54 Å². The number of amides is 2. The highest BCUT2D eigenvalue weighted by Crippen LogP contribution is 2.38. The van der Waals surface area contributed by atoms with E-state index in [4.69, 9.17) is 9.26 Å². The molecule has 0 spiro atoms. The molecule has 0 saturated carbocycles. The Morgan fingerprint density at radius 2 is 1.61 bits per heavy atom. The lowest BCUT2D eigenvalue weighted by atomic mass is 9.94. The standard InChI is InChI=1S/C27H22F2N4O3/c1-16-23(26-31-25(32-36-26)19-7-13-22(35-2)14-8-19)24(18-5-11-21(29)12-6-18)30-27(34)33(16)15-17-3-9-20(28)10-4-17/h3-14,24H,15H2,1-2H3,(H,30,34). The number of aromatic nitrogens is 2. The van der Waals surface area contributed by atoms with E-state index in [9.17, 15) is 13.6 Å². The summed E-state index contributed by atoms with van der Waals surface area (Å²) in [4.78, 5) is 19.3. The molecule has 3 aromatic carbocycles. The number of carbonyl (C=O) groups is 1. The van der Waals surface area contributed by atoms with E-state index in [-0.39, 0.29) is 30.1 Å². The van der Waals surface area contributed by atoms with Crippen LogP contribution in [-0.4, -0.2) is 28.2 Å². The van der Waals surface area contributed by atoms with Crippen LogP contribution in [0.25, 0.3) is 17.0 Å². The van der Waals surface area contributed by atoms with Gasteiger partial charge in [-0.25, -0.2) is 13.6 Å². The molecule has 182 valence electrons. The third-order valence-corrected chi connectivity index (χ3v) is 6.06. The molecule has 0 saturated heterocycles. The average molecular weight is 488 g/mol. The molecule has 1 unspecified atom stereocenters. The summed E-state index contributed by atoms with van der Waals surface area (Å²) in [6.45, 7) is 1.99. The predicted molar refractivity (Wildman–Crippen MR) is 128 cm³/mol. The number of hydrogen-bond acceptors (Lipinski definition) is 5. The molecular weight excluding hydrogens is 466 g/mol. The second-order valence-corrected chi connectivity index (χ2v) is 8.30. The summed E-state index contributed by atoms with van der Waals surface area (Å²) in [6, 6.07) is 18.0. The molecule has 0 bridgehead atoms. The molecule has 9 heteroatoms. The van der Waals surface area contributed by atoms with Gasteiger partial charge in [-0.05, 0) is 66.6 Å². The summed E-state index contributed by atoms with van der Waals surface area (Å²) in [7, 11) is 1.58. The van der Waals surface area contributed by atoms with Gasteiger partial charge in [0.1, 0.15) is 17.4 Å². The maximum absolute atomic E-state index is 13.6. The van der Waals surface area contributed by atoms with Crippen LogP contribution in [0.4, 0.5) is 13.6 Å². The molecule has 1 aliphatic heterocycles. The van der Waals surface area contributed by atoms with Crippen molar-refractivity contribution in [2.75, 3.05) is 7.11 Å². The molecule has 36 heavy (non-hydrogen) atoms. The molecule has 1 aliphatic rings. The highest BCUT2D eigenvalue weighted by molar-refractivity contribution is 5.86. The van der Waals surface area contributed by atoms with Crippen LogP contribution < -0.4 is 10.1 Å². The van der Waals surface area contributed by atoms with Gasteiger partial charge in [-0.2, -0.15) is 4.98 Å². The highest BCUT2D eigenvalue weighted by atomic mass is 19.1. The molecule has 4 aromatic rings. The van der Waals surface area contributed by atoms with Crippen LogP contribution in [0.5, 0.6) is 5.75 Å². The van der Waals surface area contributed by atoms with Crippen LogP contribution >= 0.6 is 0 Å². The summed E-state index contributed by atoms with van der Waals surface area (Å²) in [6.07, 6.45) is 0. The SMILES string of the molecule is COc1ccc(-c2noc(C3=C(C)N(Cc4ccc(F)cc4)C(=O)NC3c3ccc(F)cc3)n2)cc1. The van der Waals surface area contributed by atoms with Gasteiger partial charge in [0.05, 0.1) is 25.3 Å². The largest absolute Gasteiger partial charge is 0.497 e. The van der Waals surface area contributed by atoms with Gasteiger partial charge in [0, 0.05) is 11.3 Å². The van der Waals surface area contributed by atoms with E-state index in [1.165, 1.54) is 29.2 Å². The fourth-order valence-electron chi connectivity index (χ4n) is 4.12. The topological polar surface area (TPSA) is 80.5 Å². The van der Waals surface area contributed by atoms with Crippen LogP contribution in [0.15, 0.2) is 83.0 Å². The minimum Gasteiger partial charge on any atom is -0.497 e. The van der Waals surface area contributed by atoms with Crippen LogP contribution in [0.3, 0.4) is 0 Å². The Bertz CT molecular complexity index is 1410. The first-order valence-corrected chi connectivity index (χ1v) is 11.2. The van der Waals surface area contributed by atoms with Crippen molar-refractivity contribution in [3.05, 3.63) is 107 Å². The Kier molecular flexibility index (Phi) is 6.20. The van der Waals surface area contributed by atoms with Crippen LogP contribution in [0.1, 0.15) is 30.0 Å². The molecule has 0 aliphatic carbocycles. The first-order valence-electron chi connectivity index (χ1n) is 11.2. The lowest BCUT2D eigenvalue weighted by molar-refractivity contribution is 0.203. The zero-order valence-corrected chi connectivity index (χ0v) is 19.5.